The van der Waals surface area contributed by atoms with E-state index in [2.05, 4.69) is 4.98 Å². The SMILES string of the molecule is CC(=O)c1sc(C)nc1O. The molecule has 0 radical (unpaired) electrons. The Bertz CT molecular complexity index is 267. The van der Waals surface area contributed by atoms with E-state index < -0.39 is 0 Å². The van der Waals surface area contributed by atoms with E-state index in [-0.39, 0.29) is 11.7 Å². The third kappa shape index (κ3) is 1.16. The Balaban J connectivity index is 3.15. The fourth-order valence-corrected chi connectivity index (χ4v) is 1.35. The number of aromatic nitrogens is 1. The maximum atomic E-state index is 10.7. The Morgan fingerprint density at radius 3 is 2.50 bits per heavy atom. The van der Waals surface area contributed by atoms with Gasteiger partial charge in [-0.1, -0.05) is 0 Å². The highest BCUT2D eigenvalue weighted by molar-refractivity contribution is 7.13. The summed E-state index contributed by atoms with van der Waals surface area (Å²) in [5.74, 6) is -0.280. The molecule has 0 saturated heterocycles. The summed E-state index contributed by atoms with van der Waals surface area (Å²) in [5.41, 5.74) is 0. The van der Waals surface area contributed by atoms with Gasteiger partial charge in [0.1, 0.15) is 4.88 Å². The monoisotopic (exact) mass is 157 g/mol. The quantitative estimate of drug-likeness (QED) is 0.626. The van der Waals surface area contributed by atoms with E-state index in [0.29, 0.717) is 9.88 Å². The number of carbonyl (C=O) groups is 1. The second-order valence-corrected chi connectivity index (χ2v) is 3.14. The van der Waals surface area contributed by atoms with Crippen LogP contribution in [0, 0.1) is 6.92 Å². The largest absolute Gasteiger partial charge is 0.492 e. The third-order valence-electron chi connectivity index (χ3n) is 1.04. The predicted molar refractivity (Wildman–Crippen MR) is 38.5 cm³/mol. The lowest BCUT2D eigenvalue weighted by atomic mass is 10.4. The number of aryl methyl sites for hydroxylation is 1. The topological polar surface area (TPSA) is 50.2 Å². The average Bonchev–Trinajstić information content (AvgIpc) is 2.10. The lowest BCUT2D eigenvalue weighted by Crippen LogP contribution is -1.85. The maximum Gasteiger partial charge on any atom is 0.233 e. The lowest BCUT2D eigenvalue weighted by Gasteiger charge is -1.84. The van der Waals surface area contributed by atoms with Crippen molar-refractivity contribution in [1.82, 2.24) is 4.98 Å². The summed E-state index contributed by atoms with van der Waals surface area (Å²) in [5, 5.41) is 9.69. The zero-order valence-corrected chi connectivity index (χ0v) is 6.53. The molecule has 0 aliphatic heterocycles. The number of hydrogen-bond donors (Lipinski definition) is 1. The molecule has 0 atom stereocenters. The normalized spacial score (nSPS) is 9.80. The Hall–Kier alpha value is -0.900. The first-order valence-corrected chi connectivity index (χ1v) is 3.60. The zero-order chi connectivity index (χ0) is 7.72. The zero-order valence-electron chi connectivity index (χ0n) is 5.71. The molecule has 10 heavy (non-hydrogen) atoms. The number of Topliss-reactive ketones (excluding diaryl/α,β-unsaturated/α-hetero) is 1. The molecule has 0 bridgehead atoms. The Morgan fingerprint density at radius 2 is 2.30 bits per heavy atom. The molecule has 54 valence electrons. The summed E-state index contributed by atoms with van der Waals surface area (Å²) in [6.07, 6.45) is 0. The van der Waals surface area contributed by atoms with Crippen molar-refractivity contribution in [2.45, 2.75) is 13.8 Å². The van der Waals surface area contributed by atoms with Crippen LogP contribution in [0.4, 0.5) is 0 Å². The fourth-order valence-electron chi connectivity index (χ4n) is 0.645. The smallest absolute Gasteiger partial charge is 0.233 e. The predicted octanol–water partition coefficient (Wildman–Crippen LogP) is 1.36. The molecule has 1 N–H and O–H groups in total. The number of hydrogen-bond acceptors (Lipinski definition) is 4. The first kappa shape index (κ1) is 7.21. The minimum atomic E-state index is -0.144. The average molecular weight is 157 g/mol. The van der Waals surface area contributed by atoms with Crippen LogP contribution < -0.4 is 0 Å². The summed E-state index contributed by atoms with van der Waals surface area (Å²) in [7, 11) is 0. The van der Waals surface area contributed by atoms with E-state index in [1.165, 1.54) is 18.3 Å². The van der Waals surface area contributed by atoms with Crippen molar-refractivity contribution in [1.29, 1.82) is 0 Å². The highest BCUT2D eigenvalue weighted by Gasteiger charge is 2.10. The van der Waals surface area contributed by atoms with Crippen LogP contribution in [0.15, 0.2) is 0 Å². The molecule has 0 aliphatic carbocycles. The van der Waals surface area contributed by atoms with Gasteiger partial charge in [0.05, 0.1) is 5.01 Å². The molecule has 0 unspecified atom stereocenters. The molecular formula is C6H7NO2S. The standard InChI is InChI=1S/C6H7NO2S/c1-3(8)5-6(9)7-4(2)10-5/h9H,1-2H3. The molecular weight excluding hydrogens is 150 g/mol. The Kier molecular flexibility index (Phi) is 1.72. The van der Waals surface area contributed by atoms with Crippen molar-refractivity contribution in [3.8, 4) is 5.88 Å². The van der Waals surface area contributed by atoms with Crippen LogP contribution in [0.5, 0.6) is 5.88 Å². The van der Waals surface area contributed by atoms with Gasteiger partial charge in [-0.3, -0.25) is 4.79 Å². The van der Waals surface area contributed by atoms with Crippen molar-refractivity contribution in [3.63, 3.8) is 0 Å². The van der Waals surface area contributed by atoms with Gasteiger partial charge in [-0.25, -0.2) is 4.98 Å². The van der Waals surface area contributed by atoms with Crippen molar-refractivity contribution in [2.75, 3.05) is 0 Å². The van der Waals surface area contributed by atoms with Crippen LogP contribution in [-0.4, -0.2) is 15.9 Å². The molecule has 0 amide bonds. The second-order valence-electron chi connectivity index (χ2n) is 1.94. The van der Waals surface area contributed by atoms with Crippen LogP contribution in [0.25, 0.3) is 0 Å². The lowest BCUT2D eigenvalue weighted by molar-refractivity contribution is 0.101. The summed E-state index contributed by atoms with van der Waals surface area (Å²) < 4.78 is 0. The van der Waals surface area contributed by atoms with E-state index in [1.807, 2.05) is 0 Å². The highest BCUT2D eigenvalue weighted by Crippen LogP contribution is 2.23. The number of nitrogens with zero attached hydrogens (tertiary/aromatic N) is 1. The minimum Gasteiger partial charge on any atom is -0.492 e. The molecule has 0 fully saturated rings. The van der Waals surface area contributed by atoms with E-state index in [4.69, 9.17) is 5.11 Å². The number of ketones is 1. The Labute approximate surface area is 62.3 Å². The van der Waals surface area contributed by atoms with Crippen LogP contribution in [0.2, 0.25) is 0 Å². The molecule has 0 aliphatic rings. The molecule has 1 aromatic rings. The van der Waals surface area contributed by atoms with Gasteiger partial charge >= 0.3 is 0 Å². The first-order chi connectivity index (χ1) is 4.61. The van der Waals surface area contributed by atoms with Crippen molar-refractivity contribution < 1.29 is 9.90 Å². The summed E-state index contributed by atoms with van der Waals surface area (Å²) in [4.78, 5) is 14.7. The van der Waals surface area contributed by atoms with Gasteiger partial charge in [0.2, 0.25) is 5.88 Å². The van der Waals surface area contributed by atoms with Gasteiger partial charge in [-0.2, -0.15) is 0 Å². The third-order valence-corrected chi connectivity index (χ3v) is 2.10. The number of rotatable bonds is 1. The van der Waals surface area contributed by atoms with Gasteiger partial charge in [-0.15, -0.1) is 11.3 Å². The number of aromatic hydroxyl groups is 1. The van der Waals surface area contributed by atoms with Crippen LogP contribution in [0.1, 0.15) is 21.6 Å². The summed E-state index contributed by atoms with van der Waals surface area (Å²) in [6.45, 7) is 3.16. The van der Waals surface area contributed by atoms with E-state index in [0.717, 1.165) is 0 Å². The van der Waals surface area contributed by atoms with Gasteiger partial charge in [0.15, 0.2) is 5.78 Å². The summed E-state index contributed by atoms with van der Waals surface area (Å²) >= 11 is 1.21. The van der Waals surface area contributed by atoms with Gasteiger partial charge in [0.25, 0.3) is 0 Å². The maximum absolute atomic E-state index is 10.7. The molecule has 1 rings (SSSR count). The fraction of sp³-hybridized carbons (Fsp3) is 0.333. The van der Waals surface area contributed by atoms with Crippen LogP contribution in [0.3, 0.4) is 0 Å². The van der Waals surface area contributed by atoms with Crippen LogP contribution in [-0.2, 0) is 0 Å². The molecule has 0 spiro atoms. The first-order valence-electron chi connectivity index (χ1n) is 2.78. The summed E-state index contributed by atoms with van der Waals surface area (Å²) in [6, 6.07) is 0. The molecule has 1 heterocycles. The minimum absolute atomic E-state index is 0.136. The molecule has 0 saturated carbocycles. The highest BCUT2D eigenvalue weighted by atomic mass is 32.1. The second kappa shape index (κ2) is 2.38. The van der Waals surface area contributed by atoms with Gasteiger partial charge in [0, 0.05) is 6.92 Å². The van der Waals surface area contributed by atoms with Crippen LogP contribution >= 0.6 is 11.3 Å². The molecule has 3 nitrogen and oxygen atoms in total. The number of carbonyl (C=O) groups excluding carboxylic acids is 1. The van der Waals surface area contributed by atoms with E-state index >= 15 is 0 Å². The van der Waals surface area contributed by atoms with Crippen molar-refractivity contribution >= 4 is 17.1 Å². The van der Waals surface area contributed by atoms with Crippen molar-refractivity contribution in [2.24, 2.45) is 0 Å². The molecule has 0 aromatic carbocycles. The number of thiazole rings is 1. The van der Waals surface area contributed by atoms with Gasteiger partial charge in [-0.05, 0) is 6.92 Å². The molecule has 1 aromatic heterocycles. The van der Waals surface area contributed by atoms with E-state index in [9.17, 15) is 4.79 Å². The van der Waals surface area contributed by atoms with E-state index in [1.54, 1.807) is 6.92 Å². The van der Waals surface area contributed by atoms with Gasteiger partial charge < -0.3 is 5.11 Å². The van der Waals surface area contributed by atoms with Crippen molar-refractivity contribution in [3.05, 3.63) is 9.88 Å². The molecule has 4 heteroatoms. The Morgan fingerprint density at radius 1 is 1.70 bits per heavy atom.